The third kappa shape index (κ3) is 3.80. The van der Waals surface area contributed by atoms with Crippen LogP contribution in [0.1, 0.15) is 0 Å². The second-order valence-corrected chi connectivity index (χ2v) is 18.8. The number of hydrogen-bond donors (Lipinski definition) is 0. The van der Waals surface area contributed by atoms with Crippen LogP contribution in [-0.2, 0) is 0 Å². The van der Waals surface area contributed by atoms with Gasteiger partial charge in [0.25, 0.3) is 0 Å². The molecule has 0 aliphatic carbocycles. The summed E-state index contributed by atoms with van der Waals surface area (Å²) in [6.07, 6.45) is 4.25. The molecular formula is C24H28N2Si2. The van der Waals surface area contributed by atoms with Crippen LogP contribution >= 0.6 is 0 Å². The van der Waals surface area contributed by atoms with Gasteiger partial charge in [-0.25, -0.2) is 0 Å². The molecule has 4 aromatic rings. The van der Waals surface area contributed by atoms with Gasteiger partial charge in [-0.15, -0.1) is 0 Å². The lowest BCUT2D eigenvalue weighted by atomic mass is 10.2. The summed E-state index contributed by atoms with van der Waals surface area (Å²) in [5, 5.41) is 5.45. The fourth-order valence-electron chi connectivity index (χ4n) is 3.80. The van der Waals surface area contributed by atoms with Crippen molar-refractivity contribution < 1.29 is 0 Å². The molecule has 2 aromatic heterocycles. The fraction of sp³-hybridized carbons (Fsp3) is 0.250. The molecule has 0 saturated carbocycles. The number of benzene rings is 2. The van der Waals surface area contributed by atoms with Gasteiger partial charge in [0, 0.05) is 23.2 Å². The maximum Gasteiger partial charge on any atom is 0.0824 e. The Bertz CT molecular complexity index is 1040. The maximum atomic E-state index is 4.72. The summed E-state index contributed by atoms with van der Waals surface area (Å²) in [4.78, 5) is 9.44. The van der Waals surface area contributed by atoms with Gasteiger partial charge in [0.1, 0.15) is 0 Å². The quantitative estimate of drug-likeness (QED) is 0.424. The first-order valence-electron chi connectivity index (χ1n) is 10.1. The van der Waals surface area contributed by atoms with E-state index in [2.05, 4.69) is 99.2 Å². The minimum absolute atomic E-state index is 1.09. The Morgan fingerprint density at radius 2 is 1.00 bits per heavy atom. The summed E-state index contributed by atoms with van der Waals surface area (Å²) < 4.78 is 0. The summed E-state index contributed by atoms with van der Waals surface area (Å²) in [6.45, 7) is 9.95. The molecule has 0 saturated heterocycles. The number of pyridine rings is 2. The average Bonchev–Trinajstić information content (AvgIpc) is 2.72. The molecule has 0 radical (unpaired) electrons. The van der Waals surface area contributed by atoms with Gasteiger partial charge < -0.3 is 0 Å². The molecule has 0 aliphatic rings. The summed E-state index contributed by atoms with van der Waals surface area (Å²) in [6, 6.07) is 24.2. The van der Waals surface area contributed by atoms with E-state index in [0.717, 1.165) is 11.0 Å². The molecule has 2 aromatic carbocycles. The van der Waals surface area contributed by atoms with Crippen LogP contribution in [0.4, 0.5) is 0 Å². The minimum Gasteiger partial charge on any atom is -0.256 e. The van der Waals surface area contributed by atoms with E-state index in [1.54, 1.807) is 0 Å². The Balaban J connectivity index is 1.56. The average molecular weight is 401 g/mol. The van der Waals surface area contributed by atoms with Crippen molar-refractivity contribution in [2.45, 2.75) is 38.3 Å². The molecule has 0 unspecified atom stereocenters. The molecule has 0 spiro atoms. The van der Waals surface area contributed by atoms with Gasteiger partial charge in [0.05, 0.1) is 27.2 Å². The van der Waals surface area contributed by atoms with Crippen molar-refractivity contribution in [1.82, 2.24) is 9.97 Å². The van der Waals surface area contributed by atoms with Crippen LogP contribution in [0.15, 0.2) is 73.1 Å². The molecule has 142 valence electrons. The first-order valence-corrected chi connectivity index (χ1v) is 16.5. The summed E-state index contributed by atoms with van der Waals surface area (Å²) in [5.74, 6) is 0. The highest BCUT2D eigenvalue weighted by Gasteiger charge is 2.30. The minimum atomic E-state index is -1.54. The lowest BCUT2D eigenvalue weighted by Gasteiger charge is -2.29. The monoisotopic (exact) mass is 400 g/mol. The van der Waals surface area contributed by atoms with E-state index in [9.17, 15) is 0 Å². The lowest BCUT2D eigenvalue weighted by molar-refractivity contribution is 1.28. The number of aromatic nitrogens is 2. The molecule has 4 heteroatoms. The number of fused-ring (bicyclic) bond motifs is 2. The normalized spacial score (nSPS) is 12.6. The molecule has 0 amide bonds. The smallest absolute Gasteiger partial charge is 0.0824 e. The van der Waals surface area contributed by atoms with Gasteiger partial charge in [-0.1, -0.05) is 86.8 Å². The van der Waals surface area contributed by atoms with Crippen molar-refractivity contribution in [3.63, 3.8) is 0 Å². The third-order valence-electron chi connectivity index (χ3n) is 6.12. The van der Waals surface area contributed by atoms with E-state index in [-0.39, 0.29) is 0 Å². The molecule has 0 bridgehead atoms. The Labute approximate surface area is 169 Å². The van der Waals surface area contributed by atoms with Crippen molar-refractivity contribution in [3.05, 3.63) is 73.1 Å². The van der Waals surface area contributed by atoms with Crippen molar-refractivity contribution in [1.29, 1.82) is 0 Å². The molecule has 0 fully saturated rings. The van der Waals surface area contributed by atoms with Crippen molar-refractivity contribution in [3.8, 4) is 0 Å². The van der Waals surface area contributed by atoms with E-state index in [4.69, 9.17) is 9.97 Å². The Kier molecular flexibility index (Phi) is 4.93. The zero-order valence-electron chi connectivity index (χ0n) is 17.2. The molecule has 0 N–H and O–H groups in total. The highest BCUT2D eigenvalue weighted by Crippen LogP contribution is 2.22. The Hall–Kier alpha value is -2.31. The molecule has 28 heavy (non-hydrogen) atoms. The van der Waals surface area contributed by atoms with Crippen LogP contribution in [0.2, 0.25) is 38.3 Å². The van der Waals surface area contributed by atoms with Crippen LogP contribution in [0.3, 0.4) is 0 Å². The van der Waals surface area contributed by atoms with Gasteiger partial charge in [0.2, 0.25) is 0 Å². The first kappa shape index (κ1) is 19.0. The van der Waals surface area contributed by atoms with E-state index >= 15 is 0 Å². The van der Waals surface area contributed by atoms with Gasteiger partial charge in [0.15, 0.2) is 0 Å². The first-order chi connectivity index (χ1) is 13.4. The van der Waals surface area contributed by atoms with Gasteiger partial charge >= 0.3 is 0 Å². The predicted octanol–water partition coefficient (Wildman–Crippen LogP) is 5.31. The third-order valence-corrected chi connectivity index (χ3v) is 13.3. The van der Waals surface area contributed by atoms with Crippen molar-refractivity contribution in [2.75, 3.05) is 0 Å². The number of nitrogens with zero attached hydrogens (tertiary/aromatic N) is 2. The van der Waals surface area contributed by atoms with Crippen LogP contribution in [0.25, 0.3) is 21.8 Å². The van der Waals surface area contributed by atoms with E-state index in [0.29, 0.717) is 0 Å². The predicted molar refractivity (Wildman–Crippen MR) is 127 cm³/mol. The second-order valence-electron chi connectivity index (χ2n) is 9.10. The van der Waals surface area contributed by atoms with Gasteiger partial charge in [-0.2, -0.15) is 0 Å². The topological polar surface area (TPSA) is 25.8 Å². The second kappa shape index (κ2) is 7.26. The van der Waals surface area contributed by atoms with Crippen molar-refractivity contribution in [2.24, 2.45) is 0 Å². The van der Waals surface area contributed by atoms with E-state index in [1.807, 2.05) is 0 Å². The fourth-order valence-corrected chi connectivity index (χ4v) is 11.3. The molecule has 2 nitrogen and oxygen atoms in total. The van der Waals surface area contributed by atoms with Gasteiger partial charge in [-0.3, -0.25) is 9.97 Å². The van der Waals surface area contributed by atoms with Crippen LogP contribution < -0.4 is 10.4 Å². The zero-order chi connectivity index (χ0) is 19.8. The number of para-hydroxylation sites is 2. The number of rotatable bonds is 5. The van der Waals surface area contributed by atoms with Crippen LogP contribution in [0, 0.1) is 0 Å². The molecule has 0 atom stereocenters. The SMILES string of the molecule is C[Si](C)(CC[Si](C)(C)c1cnc2ccccc2c1)c1cnc2ccccc2c1. The molecular weight excluding hydrogens is 372 g/mol. The Morgan fingerprint density at radius 1 is 0.607 bits per heavy atom. The highest BCUT2D eigenvalue weighted by molar-refractivity contribution is 6.94. The largest absolute Gasteiger partial charge is 0.256 e. The van der Waals surface area contributed by atoms with Crippen molar-refractivity contribution >= 4 is 48.3 Å². The van der Waals surface area contributed by atoms with Crippen LogP contribution in [-0.4, -0.2) is 26.1 Å². The lowest BCUT2D eigenvalue weighted by Crippen LogP contribution is -2.47. The number of hydrogen-bond acceptors (Lipinski definition) is 2. The highest BCUT2D eigenvalue weighted by atomic mass is 28.3. The summed E-state index contributed by atoms with van der Waals surface area (Å²) in [5.41, 5.74) is 2.18. The molecule has 0 aliphatic heterocycles. The zero-order valence-corrected chi connectivity index (χ0v) is 19.2. The molecule has 2 heterocycles. The summed E-state index contributed by atoms with van der Waals surface area (Å²) in [7, 11) is -3.08. The Morgan fingerprint density at radius 3 is 1.43 bits per heavy atom. The summed E-state index contributed by atoms with van der Waals surface area (Å²) >= 11 is 0. The maximum absolute atomic E-state index is 4.72. The molecule has 4 rings (SSSR count). The van der Waals surface area contributed by atoms with Gasteiger partial charge in [-0.05, 0) is 22.5 Å². The standard InChI is InChI=1S/C24H28N2Si2/c1-27(2,21-15-19-9-5-7-11-23(19)25-17-21)13-14-28(3,4)22-16-20-10-6-8-12-24(20)26-18-22/h5-12,15-18H,13-14H2,1-4H3. The van der Waals surface area contributed by atoms with Crippen LogP contribution in [0.5, 0.6) is 0 Å². The van der Waals surface area contributed by atoms with E-state index in [1.165, 1.54) is 33.2 Å². The van der Waals surface area contributed by atoms with E-state index < -0.39 is 16.1 Å².